The average Bonchev–Trinajstić information content (AvgIpc) is 2.99. The summed E-state index contributed by atoms with van der Waals surface area (Å²) in [5.74, 6) is 2.09. The first-order valence-electron chi connectivity index (χ1n) is 7.90. The molecular formula is C17H15IN4O2S. The summed E-state index contributed by atoms with van der Waals surface area (Å²) in [6.45, 7) is 2.12. The van der Waals surface area contributed by atoms with Crippen LogP contribution in [0.15, 0.2) is 46.0 Å². The summed E-state index contributed by atoms with van der Waals surface area (Å²) in [4.78, 5) is 4.58. The zero-order valence-corrected chi connectivity index (χ0v) is 16.4. The van der Waals surface area contributed by atoms with Crippen LogP contribution in [0.2, 0.25) is 0 Å². The van der Waals surface area contributed by atoms with Crippen molar-refractivity contribution < 1.29 is 9.15 Å². The Balaban J connectivity index is 1.79. The van der Waals surface area contributed by atoms with Gasteiger partial charge in [0.2, 0.25) is 17.3 Å². The van der Waals surface area contributed by atoms with Crippen molar-refractivity contribution in [2.24, 2.45) is 0 Å². The Morgan fingerprint density at radius 1 is 1.20 bits per heavy atom. The Kier molecular flexibility index (Phi) is 4.80. The standard InChI is InChI=1S/C17H15IN4O2S/c1-2-9-25-17-20-16-14(21-22-17)10-5-3-4-6-11(10)19-15(24-16)12-7-8-13(18)23-12/h3-8,15,19H,2,9H2,1H3. The summed E-state index contributed by atoms with van der Waals surface area (Å²) in [5.41, 5.74) is 2.45. The molecule has 0 radical (unpaired) electrons. The number of fused-ring (bicyclic) bond motifs is 3. The van der Waals surface area contributed by atoms with E-state index in [4.69, 9.17) is 9.15 Å². The summed E-state index contributed by atoms with van der Waals surface area (Å²) in [7, 11) is 0. The highest BCUT2D eigenvalue weighted by Gasteiger charge is 2.27. The van der Waals surface area contributed by atoms with Gasteiger partial charge < -0.3 is 14.5 Å². The van der Waals surface area contributed by atoms with Gasteiger partial charge in [-0.15, -0.1) is 10.2 Å². The minimum Gasteiger partial charge on any atom is -0.449 e. The molecule has 0 amide bonds. The van der Waals surface area contributed by atoms with Crippen LogP contribution in [-0.2, 0) is 0 Å². The minimum atomic E-state index is -0.480. The van der Waals surface area contributed by atoms with Crippen LogP contribution in [0.3, 0.4) is 0 Å². The highest BCUT2D eigenvalue weighted by molar-refractivity contribution is 14.1. The lowest BCUT2D eigenvalue weighted by atomic mass is 10.1. The molecule has 25 heavy (non-hydrogen) atoms. The van der Waals surface area contributed by atoms with Crippen LogP contribution in [0, 0.1) is 3.77 Å². The second kappa shape index (κ2) is 7.20. The maximum absolute atomic E-state index is 6.12. The van der Waals surface area contributed by atoms with E-state index in [0.717, 1.165) is 27.2 Å². The Labute approximate surface area is 162 Å². The van der Waals surface area contributed by atoms with Gasteiger partial charge in [-0.25, -0.2) is 0 Å². The number of halogens is 1. The molecule has 1 unspecified atom stereocenters. The zero-order valence-electron chi connectivity index (χ0n) is 13.4. The monoisotopic (exact) mass is 466 g/mol. The topological polar surface area (TPSA) is 73.1 Å². The number of hydrogen-bond donors (Lipinski definition) is 1. The molecule has 128 valence electrons. The van der Waals surface area contributed by atoms with E-state index in [1.807, 2.05) is 36.4 Å². The highest BCUT2D eigenvalue weighted by atomic mass is 127. The van der Waals surface area contributed by atoms with Gasteiger partial charge in [-0.3, -0.25) is 0 Å². The molecule has 0 fully saturated rings. The van der Waals surface area contributed by atoms with Gasteiger partial charge >= 0.3 is 0 Å². The van der Waals surface area contributed by atoms with Crippen LogP contribution < -0.4 is 10.1 Å². The number of ether oxygens (including phenoxy) is 1. The van der Waals surface area contributed by atoms with Crippen molar-refractivity contribution in [1.82, 2.24) is 15.2 Å². The predicted molar refractivity (Wildman–Crippen MR) is 105 cm³/mol. The van der Waals surface area contributed by atoms with E-state index in [2.05, 4.69) is 50.0 Å². The molecule has 2 aromatic heterocycles. The Hall–Kier alpha value is -1.81. The second-order valence-corrected chi connectivity index (χ2v) is 7.55. The third-order valence-corrected chi connectivity index (χ3v) is 5.24. The Morgan fingerprint density at radius 3 is 2.88 bits per heavy atom. The van der Waals surface area contributed by atoms with Crippen LogP contribution in [0.5, 0.6) is 5.88 Å². The van der Waals surface area contributed by atoms with Crippen LogP contribution in [0.4, 0.5) is 5.69 Å². The number of nitrogens with zero attached hydrogens (tertiary/aromatic N) is 3. The maximum atomic E-state index is 6.12. The molecule has 1 aliphatic heterocycles. The van der Waals surface area contributed by atoms with Crippen molar-refractivity contribution in [2.75, 3.05) is 11.1 Å². The highest BCUT2D eigenvalue weighted by Crippen LogP contribution is 2.39. The van der Waals surface area contributed by atoms with Gasteiger partial charge in [-0.1, -0.05) is 36.9 Å². The van der Waals surface area contributed by atoms with Crippen LogP contribution >= 0.6 is 34.4 Å². The normalized spacial score (nSPS) is 15.5. The van der Waals surface area contributed by atoms with E-state index in [9.17, 15) is 0 Å². The Bertz CT molecular complexity index is 902. The van der Waals surface area contributed by atoms with Gasteiger partial charge in [0.15, 0.2) is 15.2 Å². The Morgan fingerprint density at radius 2 is 2.08 bits per heavy atom. The molecule has 0 aliphatic carbocycles. The molecule has 3 aromatic rings. The summed E-state index contributed by atoms with van der Waals surface area (Å²) < 4.78 is 12.7. The van der Waals surface area contributed by atoms with E-state index in [1.165, 1.54) is 0 Å². The van der Waals surface area contributed by atoms with Crippen molar-refractivity contribution >= 4 is 40.0 Å². The molecule has 0 bridgehead atoms. The fourth-order valence-corrected chi connectivity index (χ4v) is 3.57. The van der Waals surface area contributed by atoms with Gasteiger partial charge in [-0.05, 0) is 47.2 Å². The summed E-state index contributed by atoms with van der Waals surface area (Å²) >= 11 is 3.71. The molecule has 4 rings (SSSR count). The van der Waals surface area contributed by atoms with Crippen molar-refractivity contribution in [2.45, 2.75) is 24.7 Å². The first-order chi connectivity index (χ1) is 12.2. The molecule has 0 spiro atoms. The SMILES string of the molecule is CCCSc1nnc2c(n1)OC(c1ccc(I)o1)Nc1ccccc1-2. The third-order valence-electron chi connectivity index (χ3n) is 3.62. The largest absolute Gasteiger partial charge is 0.449 e. The minimum absolute atomic E-state index is 0.461. The van der Waals surface area contributed by atoms with Crippen molar-refractivity contribution in [3.8, 4) is 17.1 Å². The molecule has 0 saturated carbocycles. The first-order valence-corrected chi connectivity index (χ1v) is 9.96. The van der Waals surface area contributed by atoms with Gasteiger partial charge in [0.05, 0.1) is 0 Å². The number of benzene rings is 1. The summed E-state index contributed by atoms with van der Waals surface area (Å²) in [5, 5.41) is 12.6. The molecular weight excluding hydrogens is 451 g/mol. The van der Waals surface area contributed by atoms with Crippen molar-refractivity contribution in [3.05, 3.63) is 45.9 Å². The number of para-hydroxylation sites is 1. The first kappa shape index (κ1) is 16.6. The number of nitrogens with one attached hydrogen (secondary N) is 1. The predicted octanol–water partition coefficient (Wildman–Crippen LogP) is 4.74. The number of furan rings is 1. The number of hydrogen-bond acceptors (Lipinski definition) is 7. The maximum Gasteiger partial charge on any atom is 0.247 e. The van der Waals surface area contributed by atoms with E-state index in [-0.39, 0.29) is 0 Å². The van der Waals surface area contributed by atoms with E-state index < -0.39 is 6.23 Å². The zero-order chi connectivity index (χ0) is 17.2. The van der Waals surface area contributed by atoms with Gasteiger partial charge in [0, 0.05) is 17.0 Å². The van der Waals surface area contributed by atoms with E-state index in [1.54, 1.807) is 11.8 Å². The number of aromatic nitrogens is 3. The molecule has 6 nitrogen and oxygen atoms in total. The number of thioether (sulfide) groups is 1. The van der Waals surface area contributed by atoms with Crippen molar-refractivity contribution in [3.63, 3.8) is 0 Å². The van der Waals surface area contributed by atoms with Crippen molar-refractivity contribution in [1.29, 1.82) is 0 Å². The number of anilines is 1. The number of rotatable bonds is 4. The fraction of sp³-hybridized carbons (Fsp3) is 0.235. The molecule has 1 N–H and O–H groups in total. The quantitative estimate of drug-likeness (QED) is 0.440. The lowest BCUT2D eigenvalue weighted by Crippen LogP contribution is -2.16. The van der Waals surface area contributed by atoms with Gasteiger partial charge in [0.1, 0.15) is 0 Å². The molecule has 1 aliphatic rings. The average molecular weight is 466 g/mol. The van der Waals surface area contributed by atoms with E-state index >= 15 is 0 Å². The summed E-state index contributed by atoms with van der Waals surface area (Å²) in [6.07, 6.45) is 0.565. The smallest absolute Gasteiger partial charge is 0.247 e. The fourth-order valence-electron chi connectivity index (χ4n) is 2.50. The van der Waals surface area contributed by atoms with Gasteiger partial charge in [-0.2, -0.15) is 4.98 Å². The van der Waals surface area contributed by atoms with Crippen LogP contribution in [0.1, 0.15) is 25.3 Å². The molecule has 8 heteroatoms. The molecule has 0 saturated heterocycles. The summed E-state index contributed by atoms with van der Waals surface area (Å²) in [6, 6.07) is 11.7. The lowest BCUT2D eigenvalue weighted by Gasteiger charge is -2.16. The van der Waals surface area contributed by atoms with Crippen LogP contribution in [0.25, 0.3) is 11.3 Å². The molecule has 1 aromatic carbocycles. The molecule has 3 heterocycles. The second-order valence-electron chi connectivity index (χ2n) is 5.43. The molecule has 1 atom stereocenters. The van der Waals surface area contributed by atoms with E-state index in [0.29, 0.717) is 22.5 Å². The lowest BCUT2D eigenvalue weighted by molar-refractivity contribution is 0.193. The third kappa shape index (κ3) is 3.45. The van der Waals surface area contributed by atoms with Gasteiger partial charge in [0.25, 0.3) is 0 Å². The van der Waals surface area contributed by atoms with Crippen LogP contribution in [-0.4, -0.2) is 20.9 Å².